The van der Waals surface area contributed by atoms with E-state index in [-0.39, 0.29) is 12.2 Å². The molecule has 2 aromatic rings. The number of benzene rings is 1. The molecule has 5 nitrogen and oxygen atoms in total. The lowest BCUT2D eigenvalue weighted by molar-refractivity contribution is 0.177. The van der Waals surface area contributed by atoms with Crippen molar-refractivity contribution in [1.29, 1.82) is 0 Å². The van der Waals surface area contributed by atoms with Crippen LogP contribution in [0.2, 0.25) is 0 Å². The van der Waals surface area contributed by atoms with Crippen molar-refractivity contribution in [3.8, 4) is 0 Å². The molecule has 1 aliphatic rings. The second-order valence-electron chi connectivity index (χ2n) is 5.35. The molecule has 0 unspecified atom stereocenters. The molecule has 1 aliphatic heterocycles. The van der Waals surface area contributed by atoms with E-state index < -0.39 is 18.5 Å². The first-order valence-electron chi connectivity index (χ1n) is 8.85. The van der Waals surface area contributed by atoms with Crippen molar-refractivity contribution in [2.45, 2.75) is 18.8 Å². The van der Waals surface area contributed by atoms with Crippen LogP contribution in [0.15, 0.2) is 24.4 Å². The van der Waals surface area contributed by atoms with E-state index in [2.05, 4.69) is 10.3 Å². The molecule has 2 N–H and O–H groups in total. The number of aromatic amines is 1. The topological polar surface area (TPSA) is 57.4 Å². The highest BCUT2D eigenvalue weighted by Crippen LogP contribution is 2.21. The molecular weight excluding hydrogens is 266 g/mol. The summed E-state index contributed by atoms with van der Waals surface area (Å²) in [6.07, 6.45) is -1.97. The molecule has 0 spiro atoms. The van der Waals surface area contributed by atoms with Crippen molar-refractivity contribution in [3.05, 3.63) is 35.5 Å². The minimum Gasteiger partial charge on any atom is -0.447 e. The number of carbonyl (C=O) groups excluding carboxylic acids is 1. The number of likely N-dealkylation sites (N-methyl/N-ethyl adjacent to an activating group) is 1. The van der Waals surface area contributed by atoms with E-state index in [0.29, 0.717) is 12.6 Å². The van der Waals surface area contributed by atoms with Gasteiger partial charge in [0, 0.05) is 26.4 Å². The van der Waals surface area contributed by atoms with Gasteiger partial charge in [-0.15, -0.1) is 0 Å². The number of ether oxygens (including phenoxy) is 1. The molecule has 1 amide bonds. The Hall–Kier alpha value is -2.01. The van der Waals surface area contributed by atoms with Crippen molar-refractivity contribution in [3.63, 3.8) is 0 Å². The molecule has 1 saturated heterocycles. The number of nitrogens with one attached hydrogen (secondary N) is 2. The number of nitrogens with zero attached hydrogens (tertiary/aromatic N) is 1. The Morgan fingerprint density at radius 2 is 2.43 bits per heavy atom. The van der Waals surface area contributed by atoms with Gasteiger partial charge in [0.15, 0.2) is 0 Å². The molecule has 5 heteroatoms. The van der Waals surface area contributed by atoms with E-state index in [1.54, 1.807) is 18.2 Å². The molecule has 21 heavy (non-hydrogen) atoms. The summed E-state index contributed by atoms with van der Waals surface area (Å²) in [4.78, 5) is 16.3. The first-order chi connectivity index (χ1) is 11.6. The van der Waals surface area contributed by atoms with Gasteiger partial charge in [0.2, 0.25) is 0 Å². The fourth-order valence-electron chi connectivity index (χ4n) is 2.30. The summed E-state index contributed by atoms with van der Waals surface area (Å²) in [7, 11) is 3.91. The van der Waals surface area contributed by atoms with Crippen LogP contribution >= 0.6 is 0 Å². The first kappa shape index (κ1) is 9.84. The zero-order valence-corrected chi connectivity index (χ0v) is 12.1. The molecular formula is C16H21N3O2. The normalized spacial score (nSPS) is 25.2. The third-order valence-electron chi connectivity index (χ3n) is 3.40. The molecule has 1 aromatic carbocycles. The zero-order valence-electron chi connectivity index (χ0n) is 16.1. The summed E-state index contributed by atoms with van der Waals surface area (Å²) in [6.45, 7) is 0.406. The highest BCUT2D eigenvalue weighted by Gasteiger charge is 2.22. The molecule has 0 saturated carbocycles. The van der Waals surface area contributed by atoms with Gasteiger partial charge in [-0.05, 0) is 50.1 Å². The Morgan fingerprint density at radius 1 is 1.57 bits per heavy atom. The van der Waals surface area contributed by atoms with E-state index in [9.17, 15) is 4.79 Å². The number of hydrogen-bond donors (Lipinski definition) is 2. The number of aromatic nitrogens is 1. The van der Waals surface area contributed by atoms with Crippen molar-refractivity contribution >= 4 is 17.0 Å². The Morgan fingerprint density at radius 3 is 3.14 bits per heavy atom. The SMILES string of the molecule is [2H]c1[nH]c2ccc(C([2H])([2H])[C@@]3([2H])COC(=O)N3)cc2c1CCN(C)C. The maximum Gasteiger partial charge on any atom is 0.407 e. The average molecular weight is 291 g/mol. The van der Waals surface area contributed by atoms with Crippen molar-refractivity contribution in [2.75, 3.05) is 27.2 Å². The summed E-state index contributed by atoms with van der Waals surface area (Å²) in [5.41, 5.74) is 1.84. The van der Waals surface area contributed by atoms with Crippen LogP contribution in [0.25, 0.3) is 10.9 Å². The Balaban J connectivity index is 2.02. The third-order valence-corrected chi connectivity index (χ3v) is 3.40. The number of fused-ring (bicyclic) bond motifs is 1. The molecule has 112 valence electrons. The van der Waals surface area contributed by atoms with Crippen LogP contribution in [0.4, 0.5) is 4.79 Å². The van der Waals surface area contributed by atoms with Crippen LogP contribution in [0.3, 0.4) is 0 Å². The molecule has 0 radical (unpaired) electrons. The fraction of sp³-hybridized carbons (Fsp3) is 0.438. The van der Waals surface area contributed by atoms with Crippen molar-refractivity contribution in [2.24, 2.45) is 0 Å². The molecule has 1 fully saturated rings. The lowest BCUT2D eigenvalue weighted by Gasteiger charge is -2.09. The lowest BCUT2D eigenvalue weighted by atomic mass is 10.0. The number of hydrogen-bond acceptors (Lipinski definition) is 3. The maximum atomic E-state index is 11.3. The van der Waals surface area contributed by atoms with Crippen LogP contribution < -0.4 is 5.32 Å². The van der Waals surface area contributed by atoms with E-state index >= 15 is 0 Å². The summed E-state index contributed by atoms with van der Waals surface area (Å²) in [5.74, 6) is 0. The van der Waals surface area contributed by atoms with Gasteiger partial charge in [0.05, 0.1) is 8.76 Å². The maximum absolute atomic E-state index is 11.3. The standard InChI is InChI=1S/C16H21N3O2/c1-19(2)6-5-12-9-17-15-4-3-11(8-14(12)15)7-13-10-21-16(20)18-13/h3-4,8-9,13,17H,5-7,10H2,1-2H3,(H,18,20)/t13-/m0/s1/i7D2,9D,13D. The lowest BCUT2D eigenvalue weighted by Crippen LogP contribution is -2.28. The molecule has 0 aliphatic carbocycles. The van der Waals surface area contributed by atoms with Gasteiger partial charge in [-0.25, -0.2) is 4.79 Å². The minimum absolute atomic E-state index is 0.269. The Labute approximate surface area is 129 Å². The van der Waals surface area contributed by atoms with Gasteiger partial charge in [-0.2, -0.15) is 0 Å². The Kier molecular flexibility index (Phi) is 2.71. The predicted molar refractivity (Wildman–Crippen MR) is 82.5 cm³/mol. The van der Waals surface area contributed by atoms with E-state index in [4.69, 9.17) is 10.2 Å². The number of amides is 1. The van der Waals surface area contributed by atoms with Gasteiger partial charge < -0.3 is 19.9 Å². The third kappa shape index (κ3) is 3.19. The summed E-state index contributed by atoms with van der Waals surface area (Å²) in [6, 6.07) is 3.06. The first-order valence-corrected chi connectivity index (χ1v) is 6.85. The van der Waals surface area contributed by atoms with Crippen LogP contribution in [-0.2, 0) is 17.5 Å². The molecule has 2 heterocycles. The van der Waals surface area contributed by atoms with Gasteiger partial charge in [-0.3, -0.25) is 0 Å². The largest absolute Gasteiger partial charge is 0.447 e. The average Bonchev–Trinajstić information content (AvgIpc) is 3.04. The smallest absolute Gasteiger partial charge is 0.407 e. The van der Waals surface area contributed by atoms with Gasteiger partial charge in [-0.1, -0.05) is 6.07 Å². The number of alkyl carbamates (subject to hydrolysis) is 1. The highest BCUT2D eigenvalue weighted by atomic mass is 16.6. The summed E-state index contributed by atoms with van der Waals surface area (Å²) < 4.78 is 37.9. The van der Waals surface area contributed by atoms with E-state index in [1.165, 1.54) is 0 Å². The van der Waals surface area contributed by atoms with E-state index in [0.717, 1.165) is 23.0 Å². The van der Waals surface area contributed by atoms with Crippen molar-refractivity contribution < 1.29 is 15.0 Å². The zero-order chi connectivity index (χ0) is 18.4. The number of cyclic esters (lactones) is 1. The second-order valence-corrected chi connectivity index (χ2v) is 5.35. The predicted octanol–water partition coefficient (Wildman–Crippen LogP) is 1.92. The van der Waals surface area contributed by atoms with Crippen molar-refractivity contribution in [1.82, 2.24) is 15.2 Å². The fourth-order valence-corrected chi connectivity index (χ4v) is 2.30. The molecule has 3 rings (SSSR count). The second kappa shape index (κ2) is 5.77. The number of rotatable bonds is 5. The van der Waals surface area contributed by atoms with E-state index in [1.807, 2.05) is 19.0 Å². The highest BCUT2D eigenvalue weighted by molar-refractivity contribution is 5.84. The summed E-state index contributed by atoms with van der Waals surface area (Å²) >= 11 is 0. The van der Waals surface area contributed by atoms with Crippen LogP contribution in [-0.4, -0.2) is 49.2 Å². The molecule has 1 atom stereocenters. The van der Waals surface area contributed by atoms with Crippen LogP contribution in [0.5, 0.6) is 0 Å². The van der Waals surface area contributed by atoms with Gasteiger partial charge in [0.25, 0.3) is 0 Å². The minimum atomic E-state index is -2.15. The summed E-state index contributed by atoms with van der Waals surface area (Å²) in [5, 5.41) is 3.02. The molecule has 1 aromatic heterocycles. The number of carbonyl (C=O) groups is 1. The van der Waals surface area contributed by atoms with Gasteiger partial charge >= 0.3 is 6.09 Å². The monoisotopic (exact) mass is 291 g/mol. The van der Waals surface area contributed by atoms with Gasteiger partial charge in [0.1, 0.15) is 6.61 Å². The quantitative estimate of drug-likeness (QED) is 0.885. The molecule has 0 bridgehead atoms. The number of H-pyrrole nitrogens is 1. The Bertz CT molecular complexity index is 821. The van der Waals surface area contributed by atoms with Crippen LogP contribution in [0, 0.1) is 0 Å². The van der Waals surface area contributed by atoms with Crippen LogP contribution in [0.1, 0.15) is 16.6 Å².